The first-order valence-corrected chi connectivity index (χ1v) is 8.06. The number of benzene rings is 2. The van der Waals surface area contributed by atoms with Crippen molar-refractivity contribution in [2.45, 2.75) is 22.9 Å². The van der Waals surface area contributed by atoms with Gasteiger partial charge in [0.15, 0.2) is 0 Å². The van der Waals surface area contributed by atoms with E-state index in [2.05, 4.69) is 30.3 Å². The zero-order chi connectivity index (χ0) is 15.4. The predicted molar refractivity (Wildman–Crippen MR) is 92.0 cm³/mol. The molecule has 1 heterocycles. The molecule has 2 aromatic carbocycles. The van der Waals surface area contributed by atoms with E-state index in [9.17, 15) is 0 Å². The highest BCUT2D eigenvalue weighted by atomic mass is 32.2. The van der Waals surface area contributed by atoms with Crippen LogP contribution in [0.5, 0.6) is 0 Å². The SMILES string of the molecule is Cc1nc(Sc2ccccc2)ccc1[C@H](N)c1ccccc1. The molecule has 0 saturated carbocycles. The molecular weight excluding hydrogens is 288 g/mol. The maximum absolute atomic E-state index is 6.37. The largest absolute Gasteiger partial charge is 0.320 e. The molecule has 0 spiro atoms. The molecule has 22 heavy (non-hydrogen) atoms. The number of hydrogen-bond donors (Lipinski definition) is 1. The van der Waals surface area contributed by atoms with Crippen LogP contribution in [-0.4, -0.2) is 4.98 Å². The zero-order valence-electron chi connectivity index (χ0n) is 12.4. The Kier molecular flexibility index (Phi) is 4.56. The van der Waals surface area contributed by atoms with Crippen LogP contribution in [0.2, 0.25) is 0 Å². The zero-order valence-corrected chi connectivity index (χ0v) is 13.3. The van der Waals surface area contributed by atoms with Gasteiger partial charge in [-0.05, 0) is 36.2 Å². The number of hydrogen-bond acceptors (Lipinski definition) is 3. The summed E-state index contributed by atoms with van der Waals surface area (Å²) < 4.78 is 0. The molecule has 1 aromatic heterocycles. The molecular formula is C19H18N2S. The Labute approximate surface area is 135 Å². The first-order chi connectivity index (χ1) is 10.7. The van der Waals surface area contributed by atoms with E-state index in [1.165, 1.54) is 4.90 Å². The van der Waals surface area contributed by atoms with Crippen LogP contribution in [0.4, 0.5) is 0 Å². The van der Waals surface area contributed by atoms with E-state index in [0.29, 0.717) is 0 Å². The van der Waals surface area contributed by atoms with Crippen molar-refractivity contribution in [2.75, 3.05) is 0 Å². The van der Waals surface area contributed by atoms with Crippen molar-refractivity contribution in [3.63, 3.8) is 0 Å². The smallest absolute Gasteiger partial charge is 0.101 e. The van der Waals surface area contributed by atoms with Crippen molar-refractivity contribution in [1.29, 1.82) is 0 Å². The molecule has 3 aromatic rings. The van der Waals surface area contributed by atoms with Crippen molar-refractivity contribution in [3.8, 4) is 0 Å². The molecule has 0 aliphatic carbocycles. The number of aromatic nitrogens is 1. The maximum atomic E-state index is 6.37. The summed E-state index contributed by atoms with van der Waals surface area (Å²) in [7, 11) is 0. The van der Waals surface area contributed by atoms with E-state index >= 15 is 0 Å². The van der Waals surface area contributed by atoms with Gasteiger partial charge in [-0.25, -0.2) is 4.98 Å². The second kappa shape index (κ2) is 6.77. The van der Waals surface area contributed by atoms with Crippen molar-refractivity contribution >= 4 is 11.8 Å². The van der Waals surface area contributed by atoms with Gasteiger partial charge in [0.05, 0.1) is 6.04 Å². The summed E-state index contributed by atoms with van der Waals surface area (Å²) in [4.78, 5) is 5.89. The molecule has 2 nitrogen and oxygen atoms in total. The summed E-state index contributed by atoms with van der Waals surface area (Å²) in [6, 6.07) is 24.4. The summed E-state index contributed by atoms with van der Waals surface area (Å²) in [5, 5.41) is 0.993. The van der Waals surface area contributed by atoms with E-state index in [0.717, 1.165) is 21.8 Å². The number of aryl methyl sites for hydroxylation is 1. The van der Waals surface area contributed by atoms with Crippen molar-refractivity contribution < 1.29 is 0 Å². The van der Waals surface area contributed by atoms with E-state index in [4.69, 9.17) is 10.7 Å². The molecule has 0 aliphatic heterocycles. The van der Waals surface area contributed by atoms with E-state index in [1.807, 2.05) is 49.4 Å². The third kappa shape index (κ3) is 3.38. The summed E-state index contributed by atoms with van der Waals surface area (Å²) >= 11 is 1.67. The molecule has 1 atom stereocenters. The van der Waals surface area contributed by atoms with Gasteiger partial charge in [-0.1, -0.05) is 66.4 Å². The first kappa shape index (κ1) is 14.8. The molecule has 0 radical (unpaired) electrons. The van der Waals surface area contributed by atoms with Gasteiger partial charge in [0.25, 0.3) is 0 Å². The van der Waals surface area contributed by atoms with Gasteiger partial charge in [0.2, 0.25) is 0 Å². The first-order valence-electron chi connectivity index (χ1n) is 7.25. The molecule has 2 N–H and O–H groups in total. The Balaban J connectivity index is 1.83. The van der Waals surface area contributed by atoms with Crippen LogP contribution in [0.25, 0.3) is 0 Å². The quantitative estimate of drug-likeness (QED) is 0.766. The lowest BCUT2D eigenvalue weighted by Crippen LogP contribution is -2.13. The number of nitrogens with two attached hydrogens (primary N) is 1. The average molecular weight is 306 g/mol. The minimum atomic E-state index is -0.135. The van der Waals surface area contributed by atoms with Crippen molar-refractivity contribution in [3.05, 3.63) is 89.6 Å². The lowest BCUT2D eigenvalue weighted by atomic mass is 9.99. The minimum Gasteiger partial charge on any atom is -0.320 e. The summed E-state index contributed by atoms with van der Waals surface area (Å²) in [5.41, 5.74) is 9.54. The van der Waals surface area contributed by atoms with Gasteiger partial charge in [-0.2, -0.15) is 0 Å². The summed E-state index contributed by atoms with van der Waals surface area (Å²) in [5.74, 6) is 0. The number of nitrogens with zero attached hydrogens (tertiary/aromatic N) is 1. The van der Waals surface area contributed by atoms with Gasteiger partial charge >= 0.3 is 0 Å². The second-order valence-corrected chi connectivity index (χ2v) is 6.22. The Hall–Kier alpha value is -2.10. The van der Waals surface area contributed by atoms with E-state index in [1.54, 1.807) is 11.8 Å². The molecule has 3 rings (SSSR count). The topological polar surface area (TPSA) is 38.9 Å². The predicted octanol–water partition coefficient (Wildman–Crippen LogP) is 4.59. The second-order valence-electron chi connectivity index (χ2n) is 5.13. The van der Waals surface area contributed by atoms with Gasteiger partial charge in [-0.15, -0.1) is 0 Å². The fourth-order valence-corrected chi connectivity index (χ4v) is 3.24. The molecule has 110 valence electrons. The Morgan fingerprint density at radius 3 is 2.14 bits per heavy atom. The fourth-order valence-electron chi connectivity index (χ4n) is 2.38. The fraction of sp³-hybridized carbons (Fsp3) is 0.105. The molecule has 3 heteroatoms. The third-order valence-corrected chi connectivity index (χ3v) is 4.50. The van der Waals surface area contributed by atoms with Crippen LogP contribution in [0.3, 0.4) is 0 Å². The Morgan fingerprint density at radius 2 is 1.50 bits per heavy atom. The third-order valence-electron chi connectivity index (χ3n) is 3.56. The van der Waals surface area contributed by atoms with Crippen LogP contribution < -0.4 is 5.73 Å². The van der Waals surface area contributed by atoms with Crippen molar-refractivity contribution in [1.82, 2.24) is 4.98 Å². The van der Waals surface area contributed by atoms with E-state index in [-0.39, 0.29) is 6.04 Å². The molecule has 0 aliphatic rings. The summed E-state index contributed by atoms with van der Waals surface area (Å²) in [6.07, 6.45) is 0. The average Bonchev–Trinajstić information content (AvgIpc) is 2.56. The summed E-state index contributed by atoms with van der Waals surface area (Å²) in [6.45, 7) is 2.02. The monoisotopic (exact) mass is 306 g/mol. The standard InChI is InChI=1S/C19H18N2S/c1-14-17(19(20)15-8-4-2-5-9-15)12-13-18(21-14)22-16-10-6-3-7-11-16/h2-13,19H,20H2,1H3/t19-/m1/s1. The molecule has 0 fully saturated rings. The normalized spacial score (nSPS) is 12.1. The molecule has 0 unspecified atom stereocenters. The van der Waals surface area contributed by atoms with Crippen LogP contribution >= 0.6 is 11.8 Å². The Bertz CT molecular complexity index is 742. The van der Waals surface area contributed by atoms with Gasteiger partial charge in [0, 0.05) is 10.6 Å². The van der Waals surface area contributed by atoms with Gasteiger partial charge < -0.3 is 5.73 Å². The number of rotatable bonds is 4. The highest BCUT2D eigenvalue weighted by molar-refractivity contribution is 7.99. The number of pyridine rings is 1. The maximum Gasteiger partial charge on any atom is 0.101 e. The lowest BCUT2D eigenvalue weighted by Gasteiger charge is -2.15. The highest BCUT2D eigenvalue weighted by Crippen LogP contribution is 2.28. The molecule has 0 amide bonds. The van der Waals surface area contributed by atoms with Crippen LogP contribution in [0.1, 0.15) is 22.9 Å². The Morgan fingerprint density at radius 1 is 0.864 bits per heavy atom. The lowest BCUT2D eigenvalue weighted by molar-refractivity contribution is 0.837. The minimum absolute atomic E-state index is 0.135. The van der Waals surface area contributed by atoms with Gasteiger partial charge in [0.1, 0.15) is 5.03 Å². The van der Waals surface area contributed by atoms with Crippen LogP contribution in [0, 0.1) is 6.92 Å². The van der Waals surface area contributed by atoms with Gasteiger partial charge in [-0.3, -0.25) is 0 Å². The highest BCUT2D eigenvalue weighted by Gasteiger charge is 2.12. The van der Waals surface area contributed by atoms with E-state index < -0.39 is 0 Å². The van der Waals surface area contributed by atoms with Crippen molar-refractivity contribution in [2.24, 2.45) is 5.73 Å². The molecule has 0 saturated heterocycles. The molecule has 0 bridgehead atoms. The van der Waals surface area contributed by atoms with Crippen LogP contribution in [-0.2, 0) is 0 Å². The van der Waals surface area contributed by atoms with Crippen LogP contribution in [0.15, 0.2) is 82.7 Å².